The molecule has 0 unspecified atom stereocenters. The summed E-state index contributed by atoms with van der Waals surface area (Å²) in [7, 11) is 1.67. The lowest BCUT2D eigenvalue weighted by Crippen LogP contribution is -2.38. The van der Waals surface area contributed by atoms with Gasteiger partial charge in [0.1, 0.15) is 11.6 Å². The van der Waals surface area contributed by atoms with E-state index in [4.69, 9.17) is 4.74 Å². The Balaban J connectivity index is 1.45. The minimum absolute atomic E-state index is 0.00346. The Morgan fingerprint density at radius 3 is 2.66 bits per heavy atom. The number of methoxy groups -OCH3 is 1. The van der Waals surface area contributed by atoms with Crippen LogP contribution < -0.4 is 4.74 Å². The van der Waals surface area contributed by atoms with Crippen LogP contribution in [0.3, 0.4) is 0 Å². The fourth-order valence-electron chi connectivity index (χ4n) is 3.83. The summed E-state index contributed by atoms with van der Waals surface area (Å²) >= 11 is 0. The molecule has 1 fully saturated rings. The Kier molecular flexibility index (Phi) is 5.55. The summed E-state index contributed by atoms with van der Waals surface area (Å²) in [5.41, 5.74) is 3.86. The zero-order valence-corrected chi connectivity index (χ0v) is 16.8. The lowest BCUT2D eigenvalue weighted by Gasteiger charge is -2.32. The highest BCUT2D eigenvalue weighted by Crippen LogP contribution is 2.35. The van der Waals surface area contributed by atoms with Crippen molar-refractivity contribution in [1.29, 1.82) is 0 Å². The van der Waals surface area contributed by atoms with Crippen molar-refractivity contribution in [2.75, 3.05) is 20.2 Å². The topological polar surface area (TPSA) is 84.0 Å². The van der Waals surface area contributed by atoms with Crippen LogP contribution in [-0.2, 0) is 6.42 Å². The molecule has 0 saturated carbocycles. The zero-order chi connectivity index (χ0) is 20.2. The normalized spacial score (nSPS) is 14.8. The van der Waals surface area contributed by atoms with Crippen LogP contribution in [0.1, 0.15) is 47.6 Å². The van der Waals surface area contributed by atoms with Crippen molar-refractivity contribution in [3.8, 4) is 16.9 Å². The van der Waals surface area contributed by atoms with E-state index in [-0.39, 0.29) is 5.91 Å². The molecule has 1 aromatic carbocycles. The molecule has 1 aliphatic rings. The highest BCUT2D eigenvalue weighted by Gasteiger charge is 2.27. The fraction of sp³-hybridized carbons (Fsp3) is 0.364. The van der Waals surface area contributed by atoms with Crippen LogP contribution in [0, 0.1) is 0 Å². The molecule has 0 atom stereocenters. The average Bonchev–Trinajstić information content (AvgIpc) is 3.29. The number of nitrogens with one attached hydrogen (secondary N) is 1. The van der Waals surface area contributed by atoms with Gasteiger partial charge in [-0.3, -0.25) is 9.89 Å². The first-order chi connectivity index (χ1) is 14.2. The number of H-pyrrole nitrogens is 1. The fourth-order valence-corrected chi connectivity index (χ4v) is 3.83. The van der Waals surface area contributed by atoms with E-state index in [1.54, 1.807) is 19.5 Å². The Hall–Kier alpha value is -3.22. The number of ether oxygens (including phenoxy) is 1. The molecule has 1 saturated heterocycles. The maximum absolute atomic E-state index is 12.8. The Labute approximate surface area is 170 Å². The van der Waals surface area contributed by atoms with Crippen molar-refractivity contribution in [1.82, 2.24) is 25.1 Å². The van der Waals surface area contributed by atoms with E-state index in [9.17, 15) is 4.79 Å². The number of carbonyl (C=O) groups excluding carboxylic acids is 1. The van der Waals surface area contributed by atoms with Crippen molar-refractivity contribution in [2.45, 2.75) is 32.1 Å². The van der Waals surface area contributed by atoms with Gasteiger partial charge in [-0.05, 0) is 30.5 Å². The first-order valence-electron chi connectivity index (χ1n) is 9.97. The molecule has 1 aliphatic heterocycles. The van der Waals surface area contributed by atoms with Crippen molar-refractivity contribution in [3.05, 3.63) is 59.9 Å². The molecular formula is C22H25N5O2. The minimum Gasteiger partial charge on any atom is -0.497 e. The number of hydrogen-bond donors (Lipinski definition) is 1. The highest BCUT2D eigenvalue weighted by molar-refractivity contribution is 5.93. The van der Waals surface area contributed by atoms with Crippen LogP contribution in [0.5, 0.6) is 5.75 Å². The van der Waals surface area contributed by atoms with Crippen molar-refractivity contribution < 1.29 is 9.53 Å². The number of carbonyl (C=O) groups is 1. The number of aromatic amines is 1. The van der Waals surface area contributed by atoms with Gasteiger partial charge >= 0.3 is 0 Å². The van der Waals surface area contributed by atoms with Crippen LogP contribution in [0.25, 0.3) is 11.1 Å². The second-order valence-corrected chi connectivity index (χ2v) is 7.24. The number of hydrogen-bond acceptors (Lipinski definition) is 5. The van der Waals surface area contributed by atoms with Crippen LogP contribution in [0.15, 0.2) is 42.9 Å². The third-order valence-electron chi connectivity index (χ3n) is 5.51. The smallest absolute Gasteiger partial charge is 0.256 e. The number of piperidine rings is 1. The molecule has 1 amide bonds. The van der Waals surface area contributed by atoms with E-state index < -0.39 is 0 Å². The Morgan fingerprint density at radius 1 is 1.21 bits per heavy atom. The van der Waals surface area contributed by atoms with Gasteiger partial charge in [0, 0.05) is 49.1 Å². The first-order valence-corrected chi connectivity index (χ1v) is 9.97. The van der Waals surface area contributed by atoms with Gasteiger partial charge < -0.3 is 9.64 Å². The number of nitrogens with zero attached hydrogens (tertiary/aromatic N) is 4. The predicted molar refractivity (Wildman–Crippen MR) is 110 cm³/mol. The third kappa shape index (κ3) is 3.99. The number of amides is 1. The summed E-state index contributed by atoms with van der Waals surface area (Å²) in [5.74, 6) is 1.92. The van der Waals surface area contributed by atoms with Crippen molar-refractivity contribution in [2.24, 2.45) is 0 Å². The maximum Gasteiger partial charge on any atom is 0.256 e. The molecule has 3 aromatic rings. The Morgan fingerprint density at radius 2 is 1.97 bits per heavy atom. The van der Waals surface area contributed by atoms with Crippen LogP contribution in [-0.4, -0.2) is 51.2 Å². The molecular weight excluding hydrogens is 366 g/mol. The molecule has 150 valence electrons. The molecule has 3 heterocycles. The van der Waals surface area contributed by atoms with Gasteiger partial charge in [0.05, 0.1) is 18.9 Å². The van der Waals surface area contributed by atoms with E-state index in [2.05, 4.69) is 26.2 Å². The first kappa shape index (κ1) is 19.1. The van der Waals surface area contributed by atoms with Crippen molar-refractivity contribution in [3.63, 3.8) is 0 Å². The molecule has 4 rings (SSSR count). The van der Waals surface area contributed by atoms with Gasteiger partial charge in [-0.2, -0.15) is 5.10 Å². The predicted octanol–water partition coefficient (Wildman–Crippen LogP) is 3.46. The number of aromatic nitrogens is 4. The van der Waals surface area contributed by atoms with Gasteiger partial charge in [0.2, 0.25) is 0 Å². The molecule has 29 heavy (non-hydrogen) atoms. The van der Waals surface area contributed by atoms with Crippen LogP contribution in [0.2, 0.25) is 0 Å². The maximum atomic E-state index is 12.8. The van der Waals surface area contributed by atoms with E-state index in [1.807, 2.05) is 36.2 Å². The lowest BCUT2D eigenvalue weighted by molar-refractivity contribution is 0.0711. The van der Waals surface area contributed by atoms with Gasteiger partial charge in [-0.1, -0.05) is 19.1 Å². The van der Waals surface area contributed by atoms with Gasteiger partial charge in [-0.25, -0.2) is 9.97 Å². The second-order valence-electron chi connectivity index (χ2n) is 7.24. The SMILES string of the molecule is CCc1ncc(C(=O)N2CCC(c3[nH]ncc3-c3cccc(OC)c3)CC2)cn1. The molecule has 0 bridgehead atoms. The molecule has 0 spiro atoms. The highest BCUT2D eigenvalue weighted by atomic mass is 16.5. The van der Waals surface area contributed by atoms with E-state index in [0.29, 0.717) is 24.6 Å². The Bertz CT molecular complexity index is 975. The van der Waals surface area contributed by atoms with Gasteiger partial charge in [0.15, 0.2) is 0 Å². The number of likely N-dealkylation sites (tertiary alicyclic amines) is 1. The minimum atomic E-state index is 0.00346. The zero-order valence-electron chi connectivity index (χ0n) is 16.8. The molecule has 1 N–H and O–H groups in total. The number of benzene rings is 1. The second kappa shape index (κ2) is 8.43. The molecule has 2 aromatic heterocycles. The summed E-state index contributed by atoms with van der Waals surface area (Å²) in [5, 5.41) is 7.47. The number of aryl methyl sites for hydroxylation is 1. The van der Waals surface area contributed by atoms with Crippen LogP contribution >= 0.6 is 0 Å². The van der Waals surface area contributed by atoms with Crippen molar-refractivity contribution >= 4 is 5.91 Å². The summed E-state index contributed by atoms with van der Waals surface area (Å²) in [4.78, 5) is 23.1. The van der Waals surface area contributed by atoms with Crippen LogP contribution in [0.4, 0.5) is 0 Å². The molecule has 0 radical (unpaired) electrons. The molecule has 7 heteroatoms. The van der Waals surface area contributed by atoms with E-state index in [0.717, 1.165) is 47.7 Å². The summed E-state index contributed by atoms with van der Waals surface area (Å²) < 4.78 is 5.35. The molecule has 7 nitrogen and oxygen atoms in total. The number of rotatable bonds is 5. The summed E-state index contributed by atoms with van der Waals surface area (Å²) in [6.45, 7) is 3.40. The van der Waals surface area contributed by atoms with Gasteiger partial charge in [0.25, 0.3) is 5.91 Å². The largest absolute Gasteiger partial charge is 0.497 e. The summed E-state index contributed by atoms with van der Waals surface area (Å²) in [6, 6.07) is 8.00. The quantitative estimate of drug-likeness (QED) is 0.720. The average molecular weight is 391 g/mol. The summed E-state index contributed by atoms with van der Waals surface area (Å²) in [6.07, 6.45) is 7.68. The standard InChI is InChI=1S/C22H25N5O2/c1-3-20-23-12-17(13-24-20)22(28)27-9-7-15(8-10-27)21-19(14-25-26-21)16-5-4-6-18(11-16)29-2/h4-6,11-15H,3,7-10H2,1-2H3,(H,25,26). The monoisotopic (exact) mass is 391 g/mol. The third-order valence-corrected chi connectivity index (χ3v) is 5.51. The molecule has 0 aliphatic carbocycles. The van der Waals surface area contributed by atoms with Gasteiger partial charge in [-0.15, -0.1) is 0 Å². The van der Waals surface area contributed by atoms with E-state index in [1.165, 1.54) is 0 Å². The lowest BCUT2D eigenvalue weighted by atomic mass is 9.89. The van der Waals surface area contributed by atoms with E-state index >= 15 is 0 Å².